The number of benzene rings is 1. The molecule has 1 N–H and O–H groups in total. The Bertz CT molecular complexity index is 1050. The highest BCUT2D eigenvalue weighted by molar-refractivity contribution is 7.98. The molecule has 3 heterocycles. The van der Waals surface area contributed by atoms with Crippen molar-refractivity contribution in [3.63, 3.8) is 0 Å². The number of fused-ring (bicyclic) bond motifs is 1. The van der Waals surface area contributed by atoms with Gasteiger partial charge in [0.2, 0.25) is 0 Å². The SMILES string of the molecule is Cc1sc2nc(CSc3ccccc3)nc(NCc3ccccn3)c2c1C. The molecule has 0 fully saturated rings. The first-order chi connectivity index (χ1) is 13.2. The minimum Gasteiger partial charge on any atom is -0.364 e. The third-order valence-corrected chi connectivity index (χ3v) is 6.46. The van der Waals surface area contributed by atoms with Crippen LogP contribution in [0.3, 0.4) is 0 Å². The summed E-state index contributed by atoms with van der Waals surface area (Å²) in [7, 11) is 0. The summed E-state index contributed by atoms with van der Waals surface area (Å²) in [4.78, 5) is 17.6. The van der Waals surface area contributed by atoms with E-state index in [0.717, 1.165) is 33.3 Å². The Morgan fingerprint density at radius 3 is 2.59 bits per heavy atom. The lowest BCUT2D eigenvalue weighted by Crippen LogP contribution is -2.06. The number of nitrogens with one attached hydrogen (secondary N) is 1. The second-order valence-electron chi connectivity index (χ2n) is 6.23. The van der Waals surface area contributed by atoms with Crippen molar-refractivity contribution in [3.05, 3.63) is 76.7 Å². The molecule has 0 aliphatic carbocycles. The lowest BCUT2D eigenvalue weighted by molar-refractivity contribution is 1.01. The first kappa shape index (κ1) is 17.9. The van der Waals surface area contributed by atoms with Crippen molar-refractivity contribution in [2.75, 3.05) is 5.32 Å². The molecule has 0 spiro atoms. The van der Waals surface area contributed by atoms with Crippen molar-refractivity contribution in [2.45, 2.75) is 31.0 Å². The zero-order valence-electron chi connectivity index (χ0n) is 15.3. The molecule has 4 aromatic rings. The van der Waals surface area contributed by atoms with E-state index in [1.807, 2.05) is 30.5 Å². The fourth-order valence-electron chi connectivity index (χ4n) is 2.83. The molecule has 3 aromatic heterocycles. The molecule has 6 heteroatoms. The van der Waals surface area contributed by atoms with Gasteiger partial charge in [-0.25, -0.2) is 9.97 Å². The summed E-state index contributed by atoms with van der Waals surface area (Å²) in [5, 5.41) is 4.61. The molecule has 27 heavy (non-hydrogen) atoms. The Labute approximate surface area is 167 Å². The first-order valence-electron chi connectivity index (χ1n) is 8.79. The van der Waals surface area contributed by atoms with Crippen molar-refractivity contribution in [1.82, 2.24) is 15.0 Å². The van der Waals surface area contributed by atoms with Crippen LogP contribution in [0.15, 0.2) is 59.6 Å². The molecule has 136 valence electrons. The van der Waals surface area contributed by atoms with E-state index in [9.17, 15) is 0 Å². The molecule has 0 unspecified atom stereocenters. The van der Waals surface area contributed by atoms with E-state index < -0.39 is 0 Å². The second kappa shape index (κ2) is 8.06. The average Bonchev–Trinajstić information content (AvgIpc) is 3.00. The summed E-state index contributed by atoms with van der Waals surface area (Å²) < 4.78 is 0. The summed E-state index contributed by atoms with van der Waals surface area (Å²) in [5.74, 6) is 2.49. The van der Waals surface area contributed by atoms with Gasteiger partial charge in [0.1, 0.15) is 16.5 Å². The monoisotopic (exact) mass is 392 g/mol. The van der Waals surface area contributed by atoms with Crippen LogP contribution in [0, 0.1) is 13.8 Å². The molecular weight excluding hydrogens is 372 g/mol. The third kappa shape index (κ3) is 4.12. The first-order valence-corrected chi connectivity index (χ1v) is 10.6. The summed E-state index contributed by atoms with van der Waals surface area (Å²) >= 11 is 3.49. The van der Waals surface area contributed by atoms with Gasteiger partial charge in [-0.15, -0.1) is 23.1 Å². The minimum absolute atomic E-state index is 0.645. The molecule has 0 aliphatic heterocycles. The molecule has 4 nitrogen and oxygen atoms in total. The number of rotatable bonds is 6. The van der Waals surface area contributed by atoms with Gasteiger partial charge in [0, 0.05) is 16.0 Å². The number of aromatic nitrogens is 3. The molecule has 0 aliphatic rings. The van der Waals surface area contributed by atoms with Crippen LogP contribution in [0.4, 0.5) is 5.82 Å². The number of aryl methyl sites for hydroxylation is 2. The van der Waals surface area contributed by atoms with Gasteiger partial charge >= 0.3 is 0 Å². The number of hydrogen-bond donors (Lipinski definition) is 1. The molecule has 0 bridgehead atoms. The van der Waals surface area contributed by atoms with E-state index in [0.29, 0.717) is 6.54 Å². The predicted molar refractivity (Wildman–Crippen MR) is 114 cm³/mol. The molecule has 0 atom stereocenters. The molecule has 0 saturated heterocycles. The van der Waals surface area contributed by atoms with Crippen molar-refractivity contribution in [3.8, 4) is 0 Å². The highest BCUT2D eigenvalue weighted by Crippen LogP contribution is 2.34. The van der Waals surface area contributed by atoms with Crippen molar-refractivity contribution in [2.24, 2.45) is 0 Å². The van der Waals surface area contributed by atoms with Crippen LogP contribution < -0.4 is 5.32 Å². The van der Waals surface area contributed by atoms with E-state index in [1.165, 1.54) is 15.3 Å². The molecule has 1 aromatic carbocycles. The van der Waals surface area contributed by atoms with Crippen LogP contribution in [0.5, 0.6) is 0 Å². The minimum atomic E-state index is 0.645. The molecular formula is C21H20N4S2. The number of thiophene rings is 1. The zero-order chi connectivity index (χ0) is 18.6. The summed E-state index contributed by atoms with van der Waals surface area (Å²) in [6, 6.07) is 16.3. The lowest BCUT2D eigenvalue weighted by atomic mass is 10.2. The van der Waals surface area contributed by atoms with Gasteiger partial charge in [0.15, 0.2) is 0 Å². The molecule has 4 rings (SSSR count). The highest BCUT2D eigenvalue weighted by Gasteiger charge is 2.15. The number of thioether (sulfide) groups is 1. The standard InChI is InChI=1S/C21H20N4S2/c1-14-15(2)27-21-19(14)20(23-12-16-8-6-7-11-22-16)24-18(25-21)13-26-17-9-4-3-5-10-17/h3-11H,12-13H2,1-2H3,(H,23,24,25). The van der Waals surface area contributed by atoms with Crippen LogP contribution >= 0.6 is 23.1 Å². The van der Waals surface area contributed by atoms with E-state index in [2.05, 4.69) is 48.4 Å². The third-order valence-electron chi connectivity index (χ3n) is 4.35. The maximum atomic E-state index is 4.84. The lowest BCUT2D eigenvalue weighted by Gasteiger charge is -2.10. The van der Waals surface area contributed by atoms with Crippen LogP contribution in [-0.4, -0.2) is 15.0 Å². The van der Waals surface area contributed by atoms with Gasteiger partial charge in [-0.2, -0.15) is 0 Å². The van der Waals surface area contributed by atoms with Crippen LogP contribution in [0.1, 0.15) is 22.0 Å². The van der Waals surface area contributed by atoms with E-state index in [-0.39, 0.29) is 0 Å². The normalized spacial score (nSPS) is 11.0. The fourth-order valence-corrected chi connectivity index (χ4v) is 4.65. The highest BCUT2D eigenvalue weighted by atomic mass is 32.2. The number of hydrogen-bond acceptors (Lipinski definition) is 6. The molecule has 0 saturated carbocycles. The Hall–Kier alpha value is -2.44. The van der Waals surface area contributed by atoms with Gasteiger partial charge in [0.25, 0.3) is 0 Å². The Kier molecular flexibility index (Phi) is 5.36. The molecule has 0 radical (unpaired) electrons. The topological polar surface area (TPSA) is 50.7 Å². The smallest absolute Gasteiger partial charge is 0.142 e. The number of pyridine rings is 1. The summed E-state index contributed by atoms with van der Waals surface area (Å²) in [5.41, 5.74) is 2.25. The Balaban J connectivity index is 1.63. The van der Waals surface area contributed by atoms with E-state index >= 15 is 0 Å². The molecule has 0 amide bonds. The van der Waals surface area contributed by atoms with Crippen LogP contribution in [-0.2, 0) is 12.3 Å². The Morgan fingerprint density at radius 2 is 1.81 bits per heavy atom. The maximum Gasteiger partial charge on any atom is 0.142 e. The maximum absolute atomic E-state index is 4.84. The van der Waals surface area contributed by atoms with Crippen LogP contribution in [0.2, 0.25) is 0 Å². The Morgan fingerprint density at radius 1 is 1.00 bits per heavy atom. The largest absolute Gasteiger partial charge is 0.364 e. The number of nitrogens with zero attached hydrogens (tertiary/aromatic N) is 3. The predicted octanol–water partition coefficient (Wildman–Crippen LogP) is 5.61. The van der Waals surface area contributed by atoms with Gasteiger partial charge < -0.3 is 5.32 Å². The van der Waals surface area contributed by atoms with Gasteiger partial charge in [-0.05, 0) is 43.7 Å². The van der Waals surface area contributed by atoms with Crippen molar-refractivity contribution in [1.29, 1.82) is 0 Å². The van der Waals surface area contributed by atoms with Crippen LogP contribution in [0.25, 0.3) is 10.2 Å². The van der Waals surface area contributed by atoms with Gasteiger partial charge in [-0.1, -0.05) is 24.3 Å². The van der Waals surface area contributed by atoms with Crippen molar-refractivity contribution >= 4 is 39.1 Å². The van der Waals surface area contributed by atoms with E-state index in [1.54, 1.807) is 23.1 Å². The summed E-state index contributed by atoms with van der Waals surface area (Å²) in [6.45, 7) is 4.93. The van der Waals surface area contributed by atoms with Gasteiger partial charge in [0.05, 0.1) is 23.4 Å². The summed E-state index contributed by atoms with van der Waals surface area (Å²) in [6.07, 6.45) is 1.81. The fraction of sp³-hybridized carbons (Fsp3) is 0.190. The van der Waals surface area contributed by atoms with E-state index in [4.69, 9.17) is 9.97 Å². The van der Waals surface area contributed by atoms with Gasteiger partial charge in [-0.3, -0.25) is 4.98 Å². The zero-order valence-corrected chi connectivity index (χ0v) is 16.9. The second-order valence-corrected chi connectivity index (χ2v) is 8.48. The number of anilines is 1. The average molecular weight is 393 g/mol. The van der Waals surface area contributed by atoms with Crippen molar-refractivity contribution < 1.29 is 0 Å². The quantitative estimate of drug-likeness (QED) is 0.432.